The minimum Gasteiger partial charge on any atom is -0.327 e. The molecule has 2 aromatic carbocycles. The second-order valence-corrected chi connectivity index (χ2v) is 6.79. The molecule has 0 saturated heterocycles. The summed E-state index contributed by atoms with van der Waals surface area (Å²) in [5, 5.41) is 1.13. The summed E-state index contributed by atoms with van der Waals surface area (Å²) in [6.07, 6.45) is 1.75. The van der Waals surface area contributed by atoms with Crippen LogP contribution in [0, 0.1) is 13.8 Å². The molecular weight excluding hydrogens is 276 g/mol. The van der Waals surface area contributed by atoms with Crippen LogP contribution in [-0.4, -0.2) is 11.0 Å². The molecule has 0 radical (unpaired) electrons. The average Bonchev–Trinajstić information content (AvgIpc) is 2.84. The molecule has 0 aliphatic rings. The first-order chi connectivity index (χ1) is 10.1. The Bertz CT molecular complexity index is 728. The third-order valence-electron chi connectivity index (χ3n) is 3.76. The van der Waals surface area contributed by atoms with E-state index in [-0.39, 0.29) is 6.04 Å². The lowest BCUT2D eigenvalue weighted by Crippen LogP contribution is -2.25. The van der Waals surface area contributed by atoms with Gasteiger partial charge in [0.05, 0.1) is 15.2 Å². The smallest absolute Gasteiger partial charge is 0.0954 e. The van der Waals surface area contributed by atoms with Crippen molar-refractivity contribution in [2.75, 3.05) is 0 Å². The van der Waals surface area contributed by atoms with Gasteiger partial charge in [-0.15, -0.1) is 11.3 Å². The highest BCUT2D eigenvalue weighted by atomic mass is 32.1. The molecule has 0 fully saturated rings. The number of benzene rings is 2. The van der Waals surface area contributed by atoms with Gasteiger partial charge in [-0.25, -0.2) is 4.98 Å². The molecule has 0 bridgehead atoms. The van der Waals surface area contributed by atoms with Gasteiger partial charge in [0.25, 0.3) is 0 Å². The molecule has 1 unspecified atom stereocenters. The fraction of sp³-hybridized carbons (Fsp3) is 0.278. The first kappa shape index (κ1) is 14.2. The minimum atomic E-state index is 0.117. The third kappa shape index (κ3) is 3.31. The van der Waals surface area contributed by atoms with Crippen molar-refractivity contribution in [2.45, 2.75) is 32.7 Å². The zero-order chi connectivity index (χ0) is 14.8. The second-order valence-electron chi connectivity index (χ2n) is 5.67. The summed E-state index contributed by atoms with van der Waals surface area (Å²) in [6, 6.07) is 15.0. The number of thiazole rings is 1. The summed E-state index contributed by atoms with van der Waals surface area (Å²) in [5.41, 5.74) is 11.4. The Morgan fingerprint density at radius 1 is 1.10 bits per heavy atom. The zero-order valence-electron chi connectivity index (χ0n) is 12.5. The quantitative estimate of drug-likeness (QED) is 0.789. The number of rotatable bonds is 4. The summed E-state index contributed by atoms with van der Waals surface area (Å²) in [4.78, 5) is 4.67. The molecule has 1 atom stereocenters. The molecule has 3 heteroatoms. The van der Waals surface area contributed by atoms with Crippen LogP contribution in [0.15, 0.2) is 42.5 Å². The molecule has 0 saturated carbocycles. The number of para-hydroxylation sites is 1. The molecule has 0 aliphatic carbocycles. The molecule has 21 heavy (non-hydrogen) atoms. The number of hydrogen-bond acceptors (Lipinski definition) is 3. The van der Waals surface area contributed by atoms with Crippen LogP contribution >= 0.6 is 11.3 Å². The van der Waals surface area contributed by atoms with Gasteiger partial charge < -0.3 is 5.73 Å². The lowest BCUT2D eigenvalue weighted by atomic mass is 9.98. The molecule has 2 N–H and O–H groups in total. The summed E-state index contributed by atoms with van der Waals surface area (Å²) in [6.45, 7) is 4.28. The zero-order valence-corrected chi connectivity index (χ0v) is 13.3. The van der Waals surface area contributed by atoms with Gasteiger partial charge in [-0.1, -0.05) is 35.9 Å². The van der Waals surface area contributed by atoms with Crippen molar-refractivity contribution in [3.05, 3.63) is 64.2 Å². The van der Waals surface area contributed by atoms with Crippen LogP contribution in [0.4, 0.5) is 0 Å². The summed E-state index contributed by atoms with van der Waals surface area (Å²) in [7, 11) is 0. The fourth-order valence-electron chi connectivity index (χ4n) is 2.61. The van der Waals surface area contributed by atoms with Crippen LogP contribution in [0.3, 0.4) is 0 Å². The predicted octanol–water partition coefficient (Wildman–Crippen LogP) is 4.03. The van der Waals surface area contributed by atoms with Gasteiger partial charge in [0.15, 0.2) is 0 Å². The molecule has 2 nitrogen and oxygen atoms in total. The molecule has 108 valence electrons. The molecule has 1 aromatic heterocycles. The summed E-state index contributed by atoms with van der Waals surface area (Å²) in [5.74, 6) is 0. The van der Waals surface area contributed by atoms with Gasteiger partial charge in [-0.3, -0.25) is 0 Å². The van der Waals surface area contributed by atoms with E-state index in [0.29, 0.717) is 0 Å². The van der Waals surface area contributed by atoms with E-state index in [9.17, 15) is 0 Å². The number of fused-ring (bicyclic) bond motifs is 1. The first-order valence-electron chi connectivity index (χ1n) is 7.28. The van der Waals surface area contributed by atoms with Crippen molar-refractivity contribution in [1.82, 2.24) is 4.98 Å². The SMILES string of the molecule is Cc1ccc(C)c(CC(N)Cc2nc3ccccc3s2)c1. The van der Waals surface area contributed by atoms with E-state index in [1.807, 2.05) is 6.07 Å². The summed E-state index contributed by atoms with van der Waals surface area (Å²) >= 11 is 1.75. The number of hydrogen-bond donors (Lipinski definition) is 1. The Kier molecular flexibility index (Phi) is 4.04. The van der Waals surface area contributed by atoms with Crippen molar-refractivity contribution in [3.8, 4) is 0 Å². The van der Waals surface area contributed by atoms with Crippen LogP contribution in [0.25, 0.3) is 10.2 Å². The predicted molar refractivity (Wildman–Crippen MR) is 90.9 cm³/mol. The lowest BCUT2D eigenvalue weighted by Gasteiger charge is -2.12. The van der Waals surface area contributed by atoms with Crippen molar-refractivity contribution in [1.29, 1.82) is 0 Å². The molecule has 1 heterocycles. The largest absolute Gasteiger partial charge is 0.327 e. The van der Waals surface area contributed by atoms with E-state index < -0.39 is 0 Å². The van der Waals surface area contributed by atoms with E-state index in [0.717, 1.165) is 23.4 Å². The molecule has 3 aromatic rings. The van der Waals surface area contributed by atoms with E-state index in [1.165, 1.54) is 21.4 Å². The third-order valence-corrected chi connectivity index (χ3v) is 4.82. The maximum atomic E-state index is 6.35. The van der Waals surface area contributed by atoms with Gasteiger partial charge >= 0.3 is 0 Å². The molecular formula is C18H20N2S. The highest BCUT2D eigenvalue weighted by Gasteiger charge is 2.11. The Morgan fingerprint density at radius 2 is 1.90 bits per heavy atom. The minimum absolute atomic E-state index is 0.117. The fourth-order valence-corrected chi connectivity index (χ4v) is 3.67. The van der Waals surface area contributed by atoms with Crippen LogP contribution in [0.2, 0.25) is 0 Å². The molecule has 0 spiro atoms. The Balaban J connectivity index is 1.73. The van der Waals surface area contributed by atoms with Gasteiger partial charge in [0, 0.05) is 12.5 Å². The normalized spacial score (nSPS) is 12.7. The van der Waals surface area contributed by atoms with Gasteiger partial charge in [-0.2, -0.15) is 0 Å². The standard InChI is InChI=1S/C18H20N2S/c1-12-7-8-13(2)14(9-12)10-15(19)11-18-20-16-5-3-4-6-17(16)21-18/h3-9,15H,10-11,19H2,1-2H3. The number of nitrogens with zero attached hydrogens (tertiary/aromatic N) is 1. The van der Waals surface area contributed by atoms with Gasteiger partial charge in [-0.05, 0) is 43.5 Å². The Hall–Kier alpha value is -1.71. The number of nitrogens with two attached hydrogens (primary N) is 1. The van der Waals surface area contributed by atoms with Crippen LogP contribution in [0.1, 0.15) is 21.7 Å². The van der Waals surface area contributed by atoms with Gasteiger partial charge in [0.1, 0.15) is 0 Å². The second kappa shape index (κ2) is 5.96. The van der Waals surface area contributed by atoms with E-state index >= 15 is 0 Å². The first-order valence-corrected chi connectivity index (χ1v) is 8.09. The van der Waals surface area contributed by atoms with Crippen molar-refractivity contribution >= 4 is 21.6 Å². The van der Waals surface area contributed by atoms with Crippen LogP contribution in [-0.2, 0) is 12.8 Å². The number of aryl methyl sites for hydroxylation is 2. The van der Waals surface area contributed by atoms with Crippen LogP contribution < -0.4 is 5.73 Å². The van der Waals surface area contributed by atoms with Crippen molar-refractivity contribution in [2.24, 2.45) is 5.73 Å². The van der Waals surface area contributed by atoms with E-state index in [4.69, 9.17) is 5.73 Å². The van der Waals surface area contributed by atoms with E-state index in [2.05, 4.69) is 55.2 Å². The summed E-state index contributed by atoms with van der Waals surface area (Å²) < 4.78 is 1.24. The van der Waals surface area contributed by atoms with Crippen molar-refractivity contribution in [3.63, 3.8) is 0 Å². The highest BCUT2D eigenvalue weighted by molar-refractivity contribution is 7.18. The highest BCUT2D eigenvalue weighted by Crippen LogP contribution is 2.23. The molecule has 3 rings (SSSR count). The average molecular weight is 296 g/mol. The lowest BCUT2D eigenvalue weighted by molar-refractivity contribution is 0.661. The molecule has 0 amide bonds. The Labute approximate surface area is 129 Å². The number of aromatic nitrogens is 1. The Morgan fingerprint density at radius 3 is 2.71 bits per heavy atom. The topological polar surface area (TPSA) is 38.9 Å². The van der Waals surface area contributed by atoms with Gasteiger partial charge in [0.2, 0.25) is 0 Å². The maximum absolute atomic E-state index is 6.35. The van der Waals surface area contributed by atoms with Crippen molar-refractivity contribution < 1.29 is 0 Å². The van der Waals surface area contributed by atoms with Crippen LogP contribution in [0.5, 0.6) is 0 Å². The van der Waals surface area contributed by atoms with E-state index in [1.54, 1.807) is 11.3 Å². The maximum Gasteiger partial charge on any atom is 0.0954 e. The molecule has 0 aliphatic heterocycles. The monoisotopic (exact) mass is 296 g/mol.